The number of pyridine rings is 2. The Morgan fingerprint density at radius 3 is 2.92 bits per heavy atom. The minimum Gasteiger partial charge on any atom is -0.333 e. The summed E-state index contributed by atoms with van der Waals surface area (Å²) in [6, 6.07) is 14.1. The fourth-order valence-electron chi connectivity index (χ4n) is 5.18. The maximum atomic E-state index is 13.6. The molecule has 2 amide bonds. The molecule has 0 radical (unpaired) electrons. The van der Waals surface area contributed by atoms with E-state index in [1.54, 1.807) is 30.1 Å². The minimum absolute atomic E-state index is 0.0358. The first-order chi connectivity index (χ1) is 17.5. The van der Waals surface area contributed by atoms with Crippen molar-refractivity contribution < 1.29 is 4.79 Å². The predicted octanol–water partition coefficient (Wildman–Crippen LogP) is 3.21. The molecule has 2 fully saturated rings. The van der Waals surface area contributed by atoms with Crippen LogP contribution in [0.15, 0.2) is 53.6 Å². The third kappa shape index (κ3) is 5.26. The van der Waals surface area contributed by atoms with Gasteiger partial charge in [-0.1, -0.05) is 12.1 Å². The van der Waals surface area contributed by atoms with Gasteiger partial charge in [0, 0.05) is 68.4 Å². The normalized spacial score (nSPS) is 19.6. The molecule has 186 valence electrons. The highest BCUT2D eigenvalue weighted by molar-refractivity contribution is 5.83. The van der Waals surface area contributed by atoms with Gasteiger partial charge in [-0.2, -0.15) is 5.26 Å². The zero-order valence-corrected chi connectivity index (χ0v) is 20.6. The van der Waals surface area contributed by atoms with E-state index in [0.29, 0.717) is 25.9 Å². The average molecular weight is 485 g/mol. The molecule has 0 spiro atoms. The lowest BCUT2D eigenvalue weighted by molar-refractivity contribution is 0.183. The number of carbonyl (C=O) groups is 1. The van der Waals surface area contributed by atoms with Crippen molar-refractivity contribution in [3.8, 4) is 6.07 Å². The molecule has 1 saturated carbocycles. The van der Waals surface area contributed by atoms with E-state index in [2.05, 4.69) is 33.8 Å². The van der Waals surface area contributed by atoms with E-state index in [1.807, 2.05) is 23.1 Å². The predicted molar refractivity (Wildman–Crippen MR) is 138 cm³/mol. The van der Waals surface area contributed by atoms with Gasteiger partial charge < -0.3 is 20.1 Å². The zero-order valence-electron chi connectivity index (χ0n) is 20.6. The van der Waals surface area contributed by atoms with E-state index in [4.69, 9.17) is 5.26 Å². The molecular weight excluding hydrogens is 452 g/mol. The molecule has 1 aliphatic carbocycles. The number of hydrogen-bond donors (Lipinski definition) is 2. The van der Waals surface area contributed by atoms with Crippen LogP contribution in [-0.2, 0) is 20.0 Å². The monoisotopic (exact) mass is 484 g/mol. The molecule has 2 N–H and O–H groups in total. The topological polar surface area (TPSA) is 103 Å². The summed E-state index contributed by atoms with van der Waals surface area (Å²) in [5.41, 5.74) is 3.93. The Morgan fingerprint density at radius 1 is 1.28 bits per heavy atom. The second-order valence-corrected chi connectivity index (χ2v) is 9.91. The van der Waals surface area contributed by atoms with Crippen molar-refractivity contribution >= 4 is 16.9 Å². The Hall–Kier alpha value is -3.70. The quantitative estimate of drug-likeness (QED) is 0.536. The minimum atomic E-state index is -0.101. The van der Waals surface area contributed by atoms with E-state index in [-0.39, 0.29) is 29.6 Å². The number of aryl methyl sites for hydroxylation is 2. The maximum Gasteiger partial charge on any atom is 0.318 e. The summed E-state index contributed by atoms with van der Waals surface area (Å²) < 4.78 is 1.57. The van der Waals surface area contributed by atoms with Crippen LogP contribution in [0.5, 0.6) is 0 Å². The number of fused-ring (bicyclic) bond motifs is 1. The molecule has 3 aromatic rings. The molecule has 5 rings (SSSR count). The number of hydrogen-bond acceptors (Lipinski definition) is 5. The molecule has 8 nitrogen and oxygen atoms in total. The summed E-state index contributed by atoms with van der Waals surface area (Å²) in [5, 5.41) is 16.8. The zero-order chi connectivity index (χ0) is 25.1. The molecule has 8 heteroatoms. The van der Waals surface area contributed by atoms with E-state index in [1.165, 1.54) is 0 Å². The number of benzene rings is 1. The lowest BCUT2D eigenvalue weighted by Crippen LogP contribution is -2.54. The van der Waals surface area contributed by atoms with Gasteiger partial charge in [-0.15, -0.1) is 0 Å². The van der Waals surface area contributed by atoms with Gasteiger partial charge in [0.15, 0.2) is 0 Å². The van der Waals surface area contributed by atoms with Crippen LogP contribution < -0.4 is 16.2 Å². The standard InChI is InChI=1S/C28H32N6O2/c1-33-13-9-20(16-26(33)35)24-8-12-30-17-25(24)32-28(36)34(23-6-7-23)18-22-15-19(4-2-10-29)14-21-5-3-11-31-27(21)22/h3,5,9,11,13-16,23-25,30H,2,4,6-8,12,17-18H2,1H3,(H,32,36)/t24-,25+/m0/s1. The van der Waals surface area contributed by atoms with Crippen molar-refractivity contribution in [1.82, 2.24) is 25.1 Å². The summed E-state index contributed by atoms with van der Waals surface area (Å²) in [5.74, 6) is 0.0851. The molecule has 0 bridgehead atoms. The molecule has 1 aliphatic heterocycles. The highest BCUT2D eigenvalue weighted by Gasteiger charge is 2.36. The number of piperidine rings is 1. The second kappa shape index (κ2) is 10.5. The molecule has 2 aliphatic rings. The van der Waals surface area contributed by atoms with Gasteiger partial charge in [-0.25, -0.2) is 4.79 Å². The fourth-order valence-corrected chi connectivity index (χ4v) is 5.18. The number of aromatic nitrogens is 2. The SMILES string of the molecule is Cn1ccc([C@@H]2CCNC[C@H]2NC(=O)N(Cc2cc(CCC#N)cc3cccnc23)C2CC2)cc1=O. The Labute approximate surface area is 210 Å². The maximum absolute atomic E-state index is 13.6. The summed E-state index contributed by atoms with van der Waals surface area (Å²) >= 11 is 0. The van der Waals surface area contributed by atoms with Gasteiger partial charge in [0.1, 0.15) is 0 Å². The highest BCUT2D eigenvalue weighted by Crippen LogP contribution is 2.31. The van der Waals surface area contributed by atoms with Crippen LogP contribution in [0.1, 0.15) is 48.3 Å². The molecule has 1 saturated heterocycles. The Morgan fingerprint density at radius 2 is 2.14 bits per heavy atom. The second-order valence-electron chi connectivity index (χ2n) is 9.91. The third-order valence-electron chi connectivity index (χ3n) is 7.31. The van der Waals surface area contributed by atoms with Crippen LogP contribution in [-0.4, -0.2) is 45.7 Å². The molecule has 1 aromatic carbocycles. The van der Waals surface area contributed by atoms with E-state index < -0.39 is 0 Å². The molecule has 3 heterocycles. The molecule has 36 heavy (non-hydrogen) atoms. The Kier molecular flexibility index (Phi) is 7.01. The Bertz CT molecular complexity index is 1360. The number of amides is 2. The number of nitriles is 1. The first-order valence-electron chi connectivity index (χ1n) is 12.7. The van der Waals surface area contributed by atoms with Gasteiger partial charge in [0.25, 0.3) is 5.56 Å². The van der Waals surface area contributed by atoms with Crippen LogP contribution in [0.2, 0.25) is 0 Å². The first-order valence-corrected chi connectivity index (χ1v) is 12.7. The first kappa shape index (κ1) is 24.0. The van der Waals surface area contributed by atoms with Crippen LogP contribution in [0.25, 0.3) is 10.9 Å². The Balaban J connectivity index is 1.38. The van der Waals surface area contributed by atoms with Gasteiger partial charge in [-0.05, 0) is 67.1 Å². The van der Waals surface area contributed by atoms with Crippen LogP contribution in [0.4, 0.5) is 4.79 Å². The smallest absolute Gasteiger partial charge is 0.318 e. The largest absolute Gasteiger partial charge is 0.333 e. The summed E-state index contributed by atoms with van der Waals surface area (Å²) in [7, 11) is 1.75. The van der Waals surface area contributed by atoms with Crippen molar-refractivity contribution in [2.75, 3.05) is 13.1 Å². The van der Waals surface area contributed by atoms with Gasteiger partial charge in [-0.3, -0.25) is 9.78 Å². The van der Waals surface area contributed by atoms with Gasteiger partial charge >= 0.3 is 6.03 Å². The average Bonchev–Trinajstić information content (AvgIpc) is 3.73. The fraction of sp³-hybridized carbons (Fsp3) is 0.429. The number of carbonyl (C=O) groups excluding carboxylic acids is 1. The van der Waals surface area contributed by atoms with Crippen molar-refractivity contribution in [2.45, 2.75) is 56.7 Å². The highest BCUT2D eigenvalue weighted by atomic mass is 16.2. The van der Waals surface area contributed by atoms with Crippen LogP contribution in [0, 0.1) is 11.3 Å². The van der Waals surface area contributed by atoms with Crippen LogP contribution in [0.3, 0.4) is 0 Å². The van der Waals surface area contributed by atoms with Gasteiger partial charge in [0.05, 0.1) is 11.6 Å². The third-order valence-corrected chi connectivity index (χ3v) is 7.31. The number of urea groups is 1. The number of nitrogens with zero attached hydrogens (tertiary/aromatic N) is 4. The van der Waals surface area contributed by atoms with Gasteiger partial charge in [0.2, 0.25) is 0 Å². The molecule has 2 atom stereocenters. The molecular formula is C28H32N6O2. The summed E-state index contributed by atoms with van der Waals surface area (Å²) in [6.07, 6.45) is 7.56. The lowest BCUT2D eigenvalue weighted by Gasteiger charge is -2.35. The van der Waals surface area contributed by atoms with Crippen molar-refractivity contribution in [3.63, 3.8) is 0 Å². The van der Waals surface area contributed by atoms with E-state index in [0.717, 1.165) is 53.4 Å². The van der Waals surface area contributed by atoms with Crippen molar-refractivity contribution in [1.29, 1.82) is 5.26 Å². The van der Waals surface area contributed by atoms with Crippen molar-refractivity contribution in [3.05, 3.63) is 75.8 Å². The van der Waals surface area contributed by atoms with Crippen molar-refractivity contribution in [2.24, 2.45) is 7.05 Å². The number of rotatable bonds is 7. The van der Waals surface area contributed by atoms with Crippen LogP contribution >= 0.6 is 0 Å². The molecule has 2 aromatic heterocycles. The summed E-state index contributed by atoms with van der Waals surface area (Å²) in [4.78, 5) is 32.4. The summed E-state index contributed by atoms with van der Waals surface area (Å²) in [6.45, 7) is 1.99. The number of nitrogens with one attached hydrogen (secondary N) is 2. The van der Waals surface area contributed by atoms with E-state index >= 15 is 0 Å². The van der Waals surface area contributed by atoms with E-state index in [9.17, 15) is 9.59 Å². The lowest BCUT2D eigenvalue weighted by atomic mass is 9.86. The molecule has 0 unspecified atom stereocenters.